The molecule has 0 amide bonds. The summed E-state index contributed by atoms with van der Waals surface area (Å²) in [4.78, 5) is 4.40. The van der Waals surface area contributed by atoms with E-state index < -0.39 is 0 Å². The Balaban J connectivity index is 1.92. The number of aromatic nitrogens is 1. The first-order chi connectivity index (χ1) is 7.90. The molecule has 0 spiro atoms. The minimum atomic E-state index is 0.612. The van der Waals surface area contributed by atoms with Crippen LogP contribution >= 0.6 is 23.1 Å². The molecular weight excluding hydrogens is 236 g/mol. The number of rotatable bonds is 5. The van der Waals surface area contributed by atoms with Gasteiger partial charge in [0.2, 0.25) is 0 Å². The van der Waals surface area contributed by atoms with E-state index in [4.69, 9.17) is 0 Å². The van der Waals surface area contributed by atoms with E-state index in [2.05, 4.69) is 34.4 Å². The SMILES string of the molecule is CCNC(Cc1nccs1)C1CCCCS1. The maximum atomic E-state index is 4.40. The monoisotopic (exact) mass is 256 g/mol. The molecule has 0 aliphatic carbocycles. The largest absolute Gasteiger partial charge is 0.313 e. The lowest BCUT2D eigenvalue weighted by Crippen LogP contribution is -2.41. The number of likely N-dealkylation sites (N-methyl/N-ethyl adjacent to an activating group) is 1. The first-order valence-corrected chi connectivity index (χ1v) is 8.06. The van der Waals surface area contributed by atoms with Crippen LogP contribution in [0.2, 0.25) is 0 Å². The van der Waals surface area contributed by atoms with Gasteiger partial charge in [-0.3, -0.25) is 0 Å². The molecule has 1 aliphatic heterocycles. The molecule has 2 nitrogen and oxygen atoms in total. The predicted molar refractivity (Wildman–Crippen MR) is 73.4 cm³/mol. The lowest BCUT2D eigenvalue weighted by molar-refractivity contribution is 0.471. The van der Waals surface area contributed by atoms with E-state index in [-0.39, 0.29) is 0 Å². The van der Waals surface area contributed by atoms with Crippen LogP contribution in [0.3, 0.4) is 0 Å². The second kappa shape index (κ2) is 6.62. The van der Waals surface area contributed by atoms with Crippen LogP contribution in [0.25, 0.3) is 0 Å². The minimum Gasteiger partial charge on any atom is -0.313 e. The van der Waals surface area contributed by atoms with Crippen molar-refractivity contribution in [1.29, 1.82) is 0 Å². The van der Waals surface area contributed by atoms with Gasteiger partial charge in [0.1, 0.15) is 0 Å². The number of hydrogen-bond acceptors (Lipinski definition) is 4. The summed E-state index contributed by atoms with van der Waals surface area (Å²) >= 11 is 3.93. The molecule has 2 unspecified atom stereocenters. The van der Waals surface area contributed by atoms with Gasteiger partial charge < -0.3 is 5.32 Å². The van der Waals surface area contributed by atoms with Crippen molar-refractivity contribution >= 4 is 23.1 Å². The van der Waals surface area contributed by atoms with Crippen LogP contribution in [-0.4, -0.2) is 28.6 Å². The van der Waals surface area contributed by atoms with Gasteiger partial charge in [-0.1, -0.05) is 13.3 Å². The Morgan fingerprint density at radius 2 is 2.50 bits per heavy atom. The topological polar surface area (TPSA) is 24.9 Å². The Morgan fingerprint density at radius 3 is 3.12 bits per heavy atom. The Labute approximate surface area is 106 Å². The first kappa shape index (κ1) is 12.4. The van der Waals surface area contributed by atoms with Gasteiger partial charge in [-0.2, -0.15) is 11.8 Å². The van der Waals surface area contributed by atoms with E-state index in [1.807, 2.05) is 6.20 Å². The third-order valence-electron chi connectivity index (χ3n) is 3.01. The van der Waals surface area contributed by atoms with Crippen LogP contribution in [-0.2, 0) is 6.42 Å². The molecule has 0 bridgehead atoms. The van der Waals surface area contributed by atoms with E-state index in [1.54, 1.807) is 11.3 Å². The summed E-state index contributed by atoms with van der Waals surface area (Å²) in [5.41, 5.74) is 0. The summed E-state index contributed by atoms with van der Waals surface area (Å²) in [6.45, 7) is 3.26. The van der Waals surface area contributed by atoms with Gasteiger partial charge in [-0.25, -0.2) is 4.98 Å². The van der Waals surface area contributed by atoms with Crippen LogP contribution in [0.4, 0.5) is 0 Å². The van der Waals surface area contributed by atoms with Crippen molar-refractivity contribution in [1.82, 2.24) is 10.3 Å². The van der Waals surface area contributed by atoms with E-state index in [1.165, 1.54) is 30.0 Å². The summed E-state index contributed by atoms with van der Waals surface area (Å²) in [6, 6.07) is 0.612. The Hall–Kier alpha value is -0.0600. The molecular formula is C12H20N2S2. The summed E-state index contributed by atoms with van der Waals surface area (Å²) in [5.74, 6) is 1.34. The molecule has 0 aromatic carbocycles. The van der Waals surface area contributed by atoms with Gasteiger partial charge in [-0.15, -0.1) is 11.3 Å². The standard InChI is InChI=1S/C12H20N2S2/c1-2-13-10(9-12-14-6-8-16-12)11-5-3-4-7-15-11/h6,8,10-11,13H,2-5,7,9H2,1H3. The number of thioether (sulfide) groups is 1. The second-order valence-electron chi connectivity index (χ2n) is 4.20. The van der Waals surface area contributed by atoms with Crippen molar-refractivity contribution in [2.45, 2.75) is 43.9 Å². The fraction of sp³-hybridized carbons (Fsp3) is 0.750. The highest BCUT2D eigenvalue weighted by atomic mass is 32.2. The van der Waals surface area contributed by atoms with Crippen LogP contribution in [0.1, 0.15) is 31.2 Å². The van der Waals surface area contributed by atoms with Gasteiger partial charge >= 0.3 is 0 Å². The highest BCUT2D eigenvalue weighted by Crippen LogP contribution is 2.29. The van der Waals surface area contributed by atoms with Crippen LogP contribution < -0.4 is 5.32 Å². The highest BCUT2D eigenvalue weighted by molar-refractivity contribution is 8.00. The zero-order chi connectivity index (χ0) is 11.2. The van der Waals surface area contributed by atoms with Crippen molar-refractivity contribution < 1.29 is 0 Å². The van der Waals surface area contributed by atoms with Crippen molar-refractivity contribution in [2.75, 3.05) is 12.3 Å². The molecule has 90 valence electrons. The van der Waals surface area contributed by atoms with Crippen LogP contribution in [0, 0.1) is 0 Å². The smallest absolute Gasteiger partial charge is 0.0940 e. The Morgan fingerprint density at radius 1 is 1.56 bits per heavy atom. The summed E-state index contributed by atoms with van der Waals surface area (Å²) in [5, 5.41) is 7.78. The fourth-order valence-electron chi connectivity index (χ4n) is 2.22. The molecule has 0 saturated carbocycles. The van der Waals surface area contributed by atoms with Crippen molar-refractivity contribution in [2.24, 2.45) is 0 Å². The van der Waals surface area contributed by atoms with Crippen molar-refractivity contribution in [3.8, 4) is 0 Å². The van der Waals surface area contributed by atoms with Crippen LogP contribution in [0.5, 0.6) is 0 Å². The van der Waals surface area contributed by atoms with E-state index in [0.29, 0.717) is 6.04 Å². The van der Waals surface area contributed by atoms with Crippen LogP contribution in [0.15, 0.2) is 11.6 Å². The number of nitrogens with zero attached hydrogens (tertiary/aromatic N) is 1. The van der Waals surface area contributed by atoms with E-state index >= 15 is 0 Å². The molecule has 16 heavy (non-hydrogen) atoms. The first-order valence-electron chi connectivity index (χ1n) is 6.13. The molecule has 2 heterocycles. The van der Waals surface area contributed by atoms with Gasteiger partial charge in [0, 0.05) is 29.3 Å². The molecule has 1 fully saturated rings. The molecule has 1 saturated heterocycles. The number of nitrogens with one attached hydrogen (secondary N) is 1. The summed E-state index contributed by atoms with van der Waals surface area (Å²) in [7, 11) is 0. The molecule has 1 aromatic heterocycles. The lowest BCUT2D eigenvalue weighted by Gasteiger charge is -2.29. The Bertz CT molecular complexity index is 281. The zero-order valence-corrected chi connectivity index (χ0v) is 11.4. The van der Waals surface area contributed by atoms with Gasteiger partial charge in [0.05, 0.1) is 5.01 Å². The summed E-state index contributed by atoms with van der Waals surface area (Å²) < 4.78 is 0. The number of thiazole rings is 1. The third-order valence-corrected chi connectivity index (χ3v) is 5.33. The van der Waals surface area contributed by atoms with Crippen molar-refractivity contribution in [3.63, 3.8) is 0 Å². The maximum Gasteiger partial charge on any atom is 0.0940 e. The van der Waals surface area contributed by atoms with Gasteiger partial charge in [-0.05, 0) is 25.1 Å². The molecule has 0 radical (unpaired) electrons. The molecule has 2 atom stereocenters. The summed E-state index contributed by atoms with van der Waals surface area (Å²) in [6.07, 6.45) is 7.18. The lowest BCUT2D eigenvalue weighted by atomic mass is 10.0. The van der Waals surface area contributed by atoms with E-state index in [9.17, 15) is 0 Å². The predicted octanol–water partition coefficient (Wildman–Crippen LogP) is 2.95. The zero-order valence-electron chi connectivity index (χ0n) is 9.82. The average Bonchev–Trinajstić information content (AvgIpc) is 2.83. The molecule has 1 aromatic rings. The third kappa shape index (κ3) is 3.47. The van der Waals surface area contributed by atoms with Gasteiger partial charge in [0.15, 0.2) is 0 Å². The minimum absolute atomic E-state index is 0.612. The molecule has 4 heteroatoms. The maximum absolute atomic E-state index is 4.40. The number of hydrogen-bond donors (Lipinski definition) is 1. The second-order valence-corrected chi connectivity index (χ2v) is 6.53. The Kier molecular flexibility index (Phi) is 5.13. The van der Waals surface area contributed by atoms with Gasteiger partial charge in [0.25, 0.3) is 0 Å². The average molecular weight is 256 g/mol. The molecule has 1 aliphatic rings. The molecule has 1 N–H and O–H groups in total. The normalized spacial score (nSPS) is 23.2. The van der Waals surface area contributed by atoms with E-state index in [0.717, 1.165) is 18.2 Å². The quantitative estimate of drug-likeness (QED) is 0.877. The fourth-order valence-corrected chi connectivity index (χ4v) is 4.33. The van der Waals surface area contributed by atoms with Crippen molar-refractivity contribution in [3.05, 3.63) is 16.6 Å². The highest BCUT2D eigenvalue weighted by Gasteiger charge is 2.24. The molecule has 2 rings (SSSR count).